The van der Waals surface area contributed by atoms with Crippen molar-refractivity contribution < 1.29 is 4.79 Å². The van der Waals surface area contributed by atoms with Gasteiger partial charge in [-0.15, -0.1) is 5.10 Å². The van der Waals surface area contributed by atoms with Crippen molar-refractivity contribution in [2.24, 2.45) is 0 Å². The van der Waals surface area contributed by atoms with Crippen LogP contribution in [0.2, 0.25) is 0 Å². The smallest absolute Gasteiger partial charge is 0.269 e. The molecule has 0 aliphatic carbocycles. The number of nitrogens with zero attached hydrogens (tertiary/aromatic N) is 4. The standard InChI is InChI=1S/C11H14N6O/c1-12-11(18)10-8-9(2-3-14-10)13-4-6-17-7-5-15-16-17/h2-3,5,7-8H,4,6H2,1H3,(H,12,18)(H,13,14). The molecule has 0 unspecified atom stereocenters. The normalized spacial score (nSPS) is 10.1. The highest BCUT2D eigenvalue weighted by Gasteiger charge is 2.04. The third-order valence-corrected chi connectivity index (χ3v) is 2.36. The molecule has 0 bridgehead atoms. The van der Waals surface area contributed by atoms with Crippen LogP contribution in [-0.4, -0.2) is 39.5 Å². The van der Waals surface area contributed by atoms with E-state index in [1.165, 1.54) is 0 Å². The van der Waals surface area contributed by atoms with Gasteiger partial charge in [-0.1, -0.05) is 5.21 Å². The summed E-state index contributed by atoms with van der Waals surface area (Å²) in [6.45, 7) is 1.40. The van der Waals surface area contributed by atoms with Crippen LogP contribution >= 0.6 is 0 Å². The van der Waals surface area contributed by atoms with Gasteiger partial charge in [-0.2, -0.15) is 0 Å². The van der Waals surface area contributed by atoms with E-state index in [1.807, 2.05) is 6.07 Å². The molecule has 2 heterocycles. The highest BCUT2D eigenvalue weighted by atomic mass is 16.1. The number of hydrogen-bond donors (Lipinski definition) is 2. The third kappa shape index (κ3) is 3.03. The average molecular weight is 246 g/mol. The van der Waals surface area contributed by atoms with Crippen LogP contribution in [0.15, 0.2) is 30.7 Å². The molecule has 7 heteroatoms. The van der Waals surface area contributed by atoms with Crippen molar-refractivity contribution in [1.82, 2.24) is 25.3 Å². The molecule has 2 aromatic heterocycles. The first-order valence-electron chi connectivity index (χ1n) is 5.55. The summed E-state index contributed by atoms with van der Waals surface area (Å²) >= 11 is 0. The van der Waals surface area contributed by atoms with Gasteiger partial charge in [0.25, 0.3) is 5.91 Å². The number of rotatable bonds is 5. The van der Waals surface area contributed by atoms with Gasteiger partial charge in [0.1, 0.15) is 5.69 Å². The predicted molar refractivity (Wildman–Crippen MR) is 66.1 cm³/mol. The third-order valence-electron chi connectivity index (χ3n) is 2.36. The van der Waals surface area contributed by atoms with Crippen molar-refractivity contribution in [3.05, 3.63) is 36.4 Å². The van der Waals surface area contributed by atoms with Crippen LogP contribution in [0, 0.1) is 0 Å². The van der Waals surface area contributed by atoms with Crippen molar-refractivity contribution in [2.45, 2.75) is 6.54 Å². The summed E-state index contributed by atoms with van der Waals surface area (Å²) in [5, 5.41) is 13.3. The van der Waals surface area contributed by atoms with Crippen LogP contribution in [0.3, 0.4) is 0 Å². The summed E-state index contributed by atoms with van der Waals surface area (Å²) in [7, 11) is 1.58. The van der Waals surface area contributed by atoms with E-state index < -0.39 is 0 Å². The molecule has 1 amide bonds. The molecule has 94 valence electrons. The van der Waals surface area contributed by atoms with Gasteiger partial charge in [-0.05, 0) is 12.1 Å². The predicted octanol–water partition coefficient (Wildman–Crippen LogP) is 0.145. The van der Waals surface area contributed by atoms with Gasteiger partial charge in [0, 0.05) is 31.7 Å². The Morgan fingerprint density at radius 3 is 3.06 bits per heavy atom. The lowest BCUT2D eigenvalue weighted by atomic mass is 10.3. The minimum Gasteiger partial charge on any atom is -0.383 e. The topological polar surface area (TPSA) is 84.7 Å². The fraction of sp³-hybridized carbons (Fsp3) is 0.273. The number of carbonyl (C=O) groups excluding carboxylic acids is 1. The van der Waals surface area contributed by atoms with Crippen molar-refractivity contribution in [2.75, 3.05) is 18.9 Å². The summed E-state index contributed by atoms with van der Waals surface area (Å²) in [6, 6.07) is 3.52. The molecule has 2 N–H and O–H groups in total. The molecule has 0 spiro atoms. The molecule has 0 aliphatic rings. The Hall–Kier alpha value is -2.44. The highest BCUT2D eigenvalue weighted by Crippen LogP contribution is 2.07. The Labute approximate surface area is 104 Å². The fourth-order valence-corrected chi connectivity index (χ4v) is 1.46. The Kier molecular flexibility index (Phi) is 3.85. The lowest BCUT2D eigenvalue weighted by Crippen LogP contribution is -2.19. The SMILES string of the molecule is CNC(=O)c1cc(NCCn2ccnn2)ccn1. The largest absolute Gasteiger partial charge is 0.383 e. The van der Waals surface area contributed by atoms with E-state index in [1.54, 1.807) is 36.4 Å². The highest BCUT2D eigenvalue weighted by molar-refractivity contribution is 5.92. The van der Waals surface area contributed by atoms with Gasteiger partial charge in [0.15, 0.2) is 0 Å². The van der Waals surface area contributed by atoms with Crippen LogP contribution in [0.5, 0.6) is 0 Å². The molecule has 0 saturated heterocycles. The second kappa shape index (κ2) is 5.76. The molecule has 0 radical (unpaired) electrons. The molecule has 0 saturated carbocycles. The Morgan fingerprint density at radius 2 is 2.33 bits per heavy atom. The van der Waals surface area contributed by atoms with E-state index >= 15 is 0 Å². The summed E-state index contributed by atoms with van der Waals surface area (Å²) in [5.41, 5.74) is 1.24. The van der Waals surface area contributed by atoms with Gasteiger partial charge in [-0.25, -0.2) is 0 Å². The van der Waals surface area contributed by atoms with E-state index in [0.717, 1.165) is 5.69 Å². The zero-order chi connectivity index (χ0) is 12.8. The Morgan fingerprint density at radius 1 is 1.44 bits per heavy atom. The number of carbonyl (C=O) groups is 1. The Bertz CT molecular complexity index is 510. The maximum absolute atomic E-state index is 11.4. The van der Waals surface area contributed by atoms with Gasteiger partial charge >= 0.3 is 0 Å². The molecular weight excluding hydrogens is 232 g/mol. The van der Waals surface area contributed by atoms with Crippen LogP contribution in [-0.2, 0) is 6.54 Å². The van der Waals surface area contributed by atoms with E-state index in [9.17, 15) is 4.79 Å². The summed E-state index contributed by atoms with van der Waals surface area (Å²) in [4.78, 5) is 15.4. The molecule has 18 heavy (non-hydrogen) atoms. The van der Waals surface area contributed by atoms with E-state index in [-0.39, 0.29) is 5.91 Å². The minimum atomic E-state index is -0.199. The number of aromatic nitrogens is 4. The van der Waals surface area contributed by atoms with Crippen molar-refractivity contribution >= 4 is 11.6 Å². The Balaban J connectivity index is 1.91. The zero-order valence-corrected chi connectivity index (χ0v) is 10.00. The van der Waals surface area contributed by atoms with Crippen molar-refractivity contribution in [3.8, 4) is 0 Å². The number of nitrogens with one attached hydrogen (secondary N) is 2. The molecule has 0 aliphatic heterocycles. The first-order chi connectivity index (χ1) is 8.79. The number of amides is 1. The molecule has 2 rings (SSSR count). The lowest BCUT2D eigenvalue weighted by Gasteiger charge is -2.07. The van der Waals surface area contributed by atoms with Crippen LogP contribution in [0.25, 0.3) is 0 Å². The average Bonchev–Trinajstić information content (AvgIpc) is 2.91. The first-order valence-corrected chi connectivity index (χ1v) is 5.55. The summed E-state index contributed by atoms with van der Waals surface area (Å²) < 4.78 is 1.73. The maximum atomic E-state index is 11.4. The molecular formula is C11H14N6O. The van der Waals surface area contributed by atoms with Crippen LogP contribution in [0.4, 0.5) is 5.69 Å². The van der Waals surface area contributed by atoms with E-state index in [0.29, 0.717) is 18.8 Å². The van der Waals surface area contributed by atoms with Crippen LogP contribution < -0.4 is 10.6 Å². The number of anilines is 1. The quantitative estimate of drug-likeness (QED) is 0.784. The zero-order valence-electron chi connectivity index (χ0n) is 10.00. The monoisotopic (exact) mass is 246 g/mol. The molecule has 0 aromatic carbocycles. The minimum absolute atomic E-state index is 0.199. The number of hydrogen-bond acceptors (Lipinski definition) is 5. The summed E-state index contributed by atoms with van der Waals surface area (Å²) in [5.74, 6) is -0.199. The van der Waals surface area contributed by atoms with E-state index in [2.05, 4.69) is 25.9 Å². The molecule has 0 atom stereocenters. The fourth-order valence-electron chi connectivity index (χ4n) is 1.46. The van der Waals surface area contributed by atoms with Gasteiger partial charge in [0.05, 0.1) is 12.7 Å². The van der Waals surface area contributed by atoms with Crippen molar-refractivity contribution in [1.29, 1.82) is 0 Å². The molecule has 2 aromatic rings. The second-order valence-corrected chi connectivity index (χ2v) is 3.60. The lowest BCUT2D eigenvalue weighted by molar-refractivity contribution is 0.0958. The summed E-state index contributed by atoms with van der Waals surface area (Å²) in [6.07, 6.45) is 5.03. The second-order valence-electron chi connectivity index (χ2n) is 3.60. The van der Waals surface area contributed by atoms with Crippen LogP contribution in [0.1, 0.15) is 10.5 Å². The van der Waals surface area contributed by atoms with Crippen molar-refractivity contribution in [3.63, 3.8) is 0 Å². The van der Waals surface area contributed by atoms with Gasteiger partial charge < -0.3 is 10.6 Å². The maximum Gasteiger partial charge on any atom is 0.269 e. The molecule has 0 fully saturated rings. The van der Waals surface area contributed by atoms with Gasteiger partial charge in [-0.3, -0.25) is 14.5 Å². The van der Waals surface area contributed by atoms with E-state index in [4.69, 9.17) is 0 Å². The molecule has 7 nitrogen and oxygen atoms in total. The number of pyridine rings is 1. The van der Waals surface area contributed by atoms with Gasteiger partial charge in [0.2, 0.25) is 0 Å². The first kappa shape index (κ1) is 12.0.